The minimum atomic E-state index is -0.886. The lowest BCUT2D eigenvalue weighted by molar-refractivity contribution is 0.140. The molecule has 1 fully saturated rings. The van der Waals surface area contributed by atoms with E-state index >= 15 is 0 Å². The van der Waals surface area contributed by atoms with Gasteiger partial charge in [-0.05, 0) is 35.2 Å². The third-order valence-electron chi connectivity index (χ3n) is 5.73. The SMILES string of the molecule is O=C(O)N1CCc2ccc(Nc3cc(N4OCCC4c4ccccc4)ncn3)cc2C1. The second kappa shape index (κ2) is 8.23. The smallest absolute Gasteiger partial charge is 0.407 e. The Balaban J connectivity index is 1.36. The van der Waals surface area contributed by atoms with Crippen molar-refractivity contribution in [1.29, 1.82) is 0 Å². The van der Waals surface area contributed by atoms with E-state index in [2.05, 4.69) is 27.4 Å². The first-order chi connectivity index (χ1) is 15.2. The molecule has 1 amide bonds. The average Bonchev–Trinajstić information content (AvgIpc) is 3.29. The molecule has 8 heteroatoms. The highest BCUT2D eigenvalue weighted by Gasteiger charge is 2.29. The summed E-state index contributed by atoms with van der Waals surface area (Å²) in [6.07, 6.45) is 2.25. The molecule has 2 aromatic carbocycles. The first kappa shape index (κ1) is 19.3. The number of nitrogens with one attached hydrogen (secondary N) is 1. The van der Waals surface area contributed by atoms with Crippen molar-refractivity contribution in [3.8, 4) is 0 Å². The molecule has 2 aliphatic rings. The number of rotatable bonds is 4. The summed E-state index contributed by atoms with van der Waals surface area (Å²) in [6.45, 7) is 1.57. The lowest BCUT2D eigenvalue weighted by Gasteiger charge is -2.27. The topological polar surface area (TPSA) is 90.8 Å². The Kier molecular flexibility index (Phi) is 5.13. The van der Waals surface area contributed by atoms with Gasteiger partial charge in [-0.15, -0.1) is 0 Å². The number of aromatic nitrogens is 2. The van der Waals surface area contributed by atoms with E-state index in [4.69, 9.17) is 4.84 Å². The Bertz CT molecular complexity index is 1090. The first-order valence-electron chi connectivity index (χ1n) is 10.3. The fourth-order valence-corrected chi connectivity index (χ4v) is 4.15. The van der Waals surface area contributed by atoms with Crippen molar-refractivity contribution in [2.45, 2.75) is 25.4 Å². The van der Waals surface area contributed by atoms with Crippen molar-refractivity contribution in [3.05, 3.63) is 77.6 Å². The maximum atomic E-state index is 11.3. The van der Waals surface area contributed by atoms with E-state index in [-0.39, 0.29) is 6.04 Å². The summed E-state index contributed by atoms with van der Waals surface area (Å²) >= 11 is 0. The van der Waals surface area contributed by atoms with Crippen LogP contribution in [0.3, 0.4) is 0 Å². The molecule has 31 heavy (non-hydrogen) atoms. The van der Waals surface area contributed by atoms with Gasteiger partial charge in [0.25, 0.3) is 0 Å². The molecule has 1 atom stereocenters. The molecular formula is C23H23N5O3. The van der Waals surface area contributed by atoms with E-state index in [9.17, 15) is 9.90 Å². The minimum absolute atomic E-state index is 0.106. The van der Waals surface area contributed by atoms with Crippen LogP contribution in [0.1, 0.15) is 29.2 Å². The fourth-order valence-electron chi connectivity index (χ4n) is 4.15. The first-order valence-corrected chi connectivity index (χ1v) is 10.3. The maximum Gasteiger partial charge on any atom is 0.407 e. The van der Waals surface area contributed by atoms with Gasteiger partial charge in [-0.1, -0.05) is 36.4 Å². The number of benzene rings is 2. The number of amides is 1. The Morgan fingerprint density at radius 1 is 1.10 bits per heavy atom. The molecule has 2 N–H and O–H groups in total. The van der Waals surface area contributed by atoms with Gasteiger partial charge >= 0.3 is 6.09 Å². The van der Waals surface area contributed by atoms with E-state index in [0.29, 0.717) is 31.3 Å². The van der Waals surface area contributed by atoms with E-state index in [0.717, 1.165) is 24.1 Å². The summed E-state index contributed by atoms with van der Waals surface area (Å²) in [5.41, 5.74) is 4.24. The van der Waals surface area contributed by atoms with Gasteiger partial charge < -0.3 is 15.3 Å². The van der Waals surface area contributed by atoms with Crippen molar-refractivity contribution in [2.75, 3.05) is 23.5 Å². The van der Waals surface area contributed by atoms with Crippen LogP contribution in [0, 0.1) is 0 Å². The predicted octanol–water partition coefficient (Wildman–Crippen LogP) is 4.14. The van der Waals surface area contributed by atoms with Gasteiger partial charge in [0.05, 0.1) is 12.6 Å². The normalized spacial score (nSPS) is 18.0. The molecule has 0 radical (unpaired) electrons. The summed E-state index contributed by atoms with van der Waals surface area (Å²) < 4.78 is 0. The molecule has 3 heterocycles. The van der Waals surface area contributed by atoms with Crippen molar-refractivity contribution in [2.24, 2.45) is 0 Å². The Morgan fingerprint density at radius 3 is 2.81 bits per heavy atom. The number of fused-ring (bicyclic) bond motifs is 1. The molecule has 0 bridgehead atoms. The third-order valence-corrected chi connectivity index (χ3v) is 5.73. The summed E-state index contributed by atoms with van der Waals surface area (Å²) in [5.74, 6) is 1.34. The van der Waals surface area contributed by atoms with Gasteiger partial charge in [-0.2, -0.15) is 0 Å². The minimum Gasteiger partial charge on any atom is -0.465 e. The van der Waals surface area contributed by atoms with Crippen LogP contribution < -0.4 is 10.4 Å². The van der Waals surface area contributed by atoms with Crippen LogP contribution in [0.4, 0.5) is 22.1 Å². The molecule has 3 aromatic rings. The van der Waals surface area contributed by atoms with Crippen molar-refractivity contribution >= 4 is 23.4 Å². The number of hydrogen-bond donors (Lipinski definition) is 2. The van der Waals surface area contributed by atoms with Crippen LogP contribution >= 0.6 is 0 Å². The van der Waals surface area contributed by atoms with Gasteiger partial charge in [0.1, 0.15) is 12.1 Å². The van der Waals surface area contributed by atoms with Gasteiger partial charge in [0, 0.05) is 31.3 Å². The fraction of sp³-hybridized carbons (Fsp3) is 0.261. The Hall–Kier alpha value is -3.65. The average molecular weight is 417 g/mol. The third kappa shape index (κ3) is 4.02. The Morgan fingerprint density at radius 2 is 1.97 bits per heavy atom. The number of carbonyl (C=O) groups is 1. The molecular weight excluding hydrogens is 394 g/mol. The molecule has 1 aromatic heterocycles. The summed E-state index contributed by atoms with van der Waals surface area (Å²) in [5, 5.41) is 14.4. The lowest BCUT2D eigenvalue weighted by atomic mass is 9.99. The van der Waals surface area contributed by atoms with Crippen molar-refractivity contribution < 1.29 is 14.7 Å². The zero-order chi connectivity index (χ0) is 21.2. The van der Waals surface area contributed by atoms with E-state index < -0.39 is 6.09 Å². The van der Waals surface area contributed by atoms with Crippen molar-refractivity contribution in [3.63, 3.8) is 0 Å². The van der Waals surface area contributed by atoms with Crippen LogP contribution in [-0.2, 0) is 17.8 Å². The largest absolute Gasteiger partial charge is 0.465 e. The molecule has 0 aliphatic carbocycles. The Labute approximate surface area is 180 Å². The highest BCUT2D eigenvalue weighted by atomic mass is 16.7. The van der Waals surface area contributed by atoms with Gasteiger partial charge in [0.15, 0.2) is 5.82 Å². The van der Waals surface area contributed by atoms with Crippen LogP contribution in [0.25, 0.3) is 0 Å². The quantitative estimate of drug-likeness (QED) is 0.659. The van der Waals surface area contributed by atoms with E-state index in [1.165, 1.54) is 22.4 Å². The predicted molar refractivity (Wildman–Crippen MR) is 116 cm³/mol. The number of anilines is 3. The number of hydroxylamine groups is 1. The van der Waals surface area contributed by atoms with Gasteiger partial charge in [-0.25, -0.2) is 19.8 Å². The summed E-state index contributed by atoms with van der Waals surface area (Å²) in [6, 6.07) is 18.3. The maximum absolute atomic E-state index is 11.3. The molecule has 0 spiro atoms. The molecule has 2 aliphatic heterocycles. The molecule has 1 saturated heterocycles. The van der Waals surface area contributed by atoms with Gasteiger partial charge in [-0.3, -0.25) is 4.84 Å². The highest BCUT2D eigenvalue weighted by Crippen LogP contribution is 2.34. The zero-order valence-corrected chi connectivity index (χ0v) is 16.9. The van der Waals surface area contributed by atoms with E-state index in [1.807, 2.05) is 47.5 Å². The zero-order valence-electron chi connectivity index (χ0n) is 16.9. The lowest BCUT2D eigenvalue weighted by Crippen LogP contribution is -2.34. The molecule has 1 unspecified atom stereocenters. The van der Waals surface area contributed by atoms with Crippen LogP contribution in [0.2, 0.25) is 0 Å². The summed E-state index contributed by atoms with van der Waals surface area (Å²) in [4.78, 5) is 27.4. The molecule has 8 nitrogen and oxygen atoms in total. The van der Waals surface area contributed by atoms with Crippen molar-refractivity contribution in [1.82, 2.24) is 14.9 Å². The van der Waals surface area contributed by atoms with Crippen LogP contribution in [0.5, 0.6) is 0 Å². The highest BCUT2D eigenvalue weighted by molar-refractivity contribution is 5.66. The summed E-state index contributed by atoms with van der Waals surface area (Å²) in [7, 11) is 0. The number of carboxylic acid groups (broad SMARTS) is 1. The van der Waals surface area contributed by atoms with Crippen LogP contribution in [0.15, 0.2) is 60.9 Å². The van der Waals surface area contributed by atoms with E-state index in [1.54, 1.807) is 0 Å². The molecule has 0 saturated carbocycles. The second-order valence-corrected chi connectivity index (χ2v) is 7.70. The number of hydrogen-bond acceptors (Lipinski definition) is 6. The monoisotopic (exact) mass is 417 g/mol. The molecule has 5 rings (SSSR count). The standard InChI is InChI=1S/C23H23N5O3/c29-23(30)27-10-8-16-6-7-19(12-18(16)14-27)26-21-13-22(25-15-24-21)28-20(9-11-31-28)17-4-2-1-3-5-17/h1-7,12-13,15,20H,8-11,14H2,(H,29,30)(H,24,25,26). The molecule has 158 valence electrons. The number of nitrogens with zero attached hydrogens (tertiary/aromatic N) is 4. The van der Waals surface area contributed by atoms with Gasteiger partial charge in [0.2, 0.25) is 0 Å². The second-order valence-electron chi connectivity index (χ2n) is 7.70. The van der Waals surface area contributed by atoms with Crippen LogP contribution in [-0.4, -0.2) is 39.2 Å².